The van der Waals surface area contributed by atoms with Crippen molar-refractivity contribution in [3.8, 4) is 0 Å². The molecule has 0 bridgehead atoms. The van der Waals surface area contributed by atoms with Crippen LogP contribution in [0.25, 0.3) is 0 Å². The summed E-state index contributed by atoms with van der Waals surface area (Å²) in [4.78, 5) is 16.2. The normalized spacial score (nSPS) is 23.5. The molecule has 2 saturated carbocycles. The molecular weight excluding hydrogens is 514 g/mol. The van der Waals surface area contributed by atoms with Crippen LogP contribution in [0.3, 0.4) is 0 Å². The molecule has 1 aliphatic heterocycles. The molecule has 5 heteroatoms. The Balaban J connectivity index is 1.45. The van der Waals surface area contributed by atoms with Gasteiger partial charge in [-0.25, -0.2) is 4.79 Å². The van der Waals surface area contributed by atoms with Crippen molar-refractivity contribution in [3.05, 3.63) is 60.7 Å². The lowest BCUT2D eigenvalue weighted by Gasteiger charge is -2.42. The third kappa shape index (κ3) is 7.65. The molecule has 2 amide bonds. The fourth-order valence-corrected chi connectivity index (χ4v) is 14.5. The number of benzene rings is 2. The van der Waals surface area contributed by atoms with Crippen molar-refractivity contribution in [2.75, 3.05) is 12.7 Å². The van der Waals surface area contributed by atoms with Gasteiger partial charge in [0.15, 0.2) is 0 Å². The van der Waals surface area contributed by atoms with Gasteiger partial charge in [0.05, 0.1) is 0 Å². The first-order chi connectivity index (χ1) is 18.9. The minimum atomic E-state index is -0.528. The van der Waals surface area contributed by atoms with E-state index in [9.17, 15) is 4.79 Å². The molecule has 0 unspecified atom stereocenters. The van der Waals surface area contributed by atoms with E-state index in [1.807, 2.05) is 0 Å². The zero-order chi connectivity index (χ0) is 27.2. The van der Waals surface area contributed by atoms with Gasteiger partial charge in [-0.1, -0.05) is 107 Å². The van der Waals surface area contributed by atoms with Crippen LogP contribution in [-0.2, 0) is 0 Å². The van der Waals surface area contributed by atoms with Crippen LogP contribution in [0, 0.1) is 0 Å². The summed E-state index contributed by atoms with van der Waals surface area (Å²) in [6.45, 7) is 7.32. The first kappa shape index (κ1) is 29.1. The van der Waals surface area contributed by atoms with Crippen LogP contribution in [0.2, 0.25) is 0 Å². The van der Waals surface area contributed by atoms with Gasteiger partial charge in [-0.2, -0.15) is 0 Å². The van der Waals surface area contributed by atoms with E-state index in [2.05, 4.69) is 91.7 Å². The molecule has 3 nitrogen and oxygen atoms in total. The minimum Gasteiger partial charge on any atom is -0.333 e. The predicted molar refractivity (Wildman–Crippen MR) is 172 cm³/mol. The number of hydrogen-bond acceptors (Lipinski definition) is 1. The van der Waals surface area contributed by atoms with Crippen LogP contribution in [0.1, 0.15) is 91.4 Å². The van der Waals surface area contributed by atoms with Gasteiger partial charge >= 0.3 is 6.03 Å². The Morgan fingerprint density at radius 3 is 1.72 bits per heavy atom. The molecule has 1 N–H and O–H groups in total. The Hall–Kier alpha value is -1.43. The topological polar surface area (TPSA) is 32.3 Å². The third-order valence-electron chi connectivity index (χ3n) is 9.08. The van der Waals surface area contributed by atoms with Gasteiger partial charge in [0.2, 0.25) is 0 Å². The highest BCUT2D eigenvalue weighted by Gasteiger charge is 2.45. The first-order valence-electron chi connectivity index (χ1n) is 15.6. The fourth-order valence-electron chi connectivity index (χ4n) is 7.36. The van der Waals surface area contributed by atoms with E-state index >= 15 is 0 Å². The SMILES string of the molecule is CC(C)(C)NC(=O)N1C[C@@H](P(C2CCCCC2)C2CCCCC2)C[C@H]1CP(c1ccccc1)c1ccccc1. The Bertz CT molecular complexity index is 971. The molecule has 0 radical (unpaired) electrons. The lowest BCUT2D eigenvalue weighted by Crippen LogP contribution is -2.51. The first-order valence-corrected chi connectivity index (χ1v) is 18.7. The smallest absolute Gasteiger partial charge is 0.318 e. The largest absolute Gasteiger partial charge is 0.333 e. The zero-order valence-corrected chi connectivity index (χ0v) is 26.3. The summed E-state index contributed by atoms with van der Waals surface area (Å²) in [5, 5.41) is 6.23. The van der Waals surface area contributed by atoms with E-state index in [-0.39, 0.29) is 19.5 Å². The lowest BCUT2D eigenvalue weighted by atomic mass is 9.99. The summed E-state index contributed by atoms with van der Waals surface area (Å²) in [5.41, 5.74) is 2.34. The van der Waals surface area contributed by atoms with Crippen molar-refractivity contribution in [3.63, 3.8) is 0 Å². The highest BCUT2D eigenvalue weighted by molar-refractivity contribution is 7.73. The molecule has 212 valence electrons. The number of rotatable bonds is 7. The van der Waals surface area contributed by atoms with Crippen LogP contribution in [0.15, 0.2) is 60.7 Å². The number of likely N-dealkylation sites (tertiary alicyclic amines) is 1. The van der Waals surface area contributed by atoms with Gasteiger partial charge in [0.25, 0.3) is 0 Å². The zero-order valence-electron chi connectivity index (χ0n) is 24.5. The molecule has 2 aliphatic carbocycles. The van der Waals surface area contributed by atoms with E-state index in [4.69, 9.17) is 0 Å². The van der Waals surface area contributed by atoms with Gasteiger partial charge in [-0.3, -0.25) is 0 Å². The van der Waals surface area contributed by atoms with Crippen molar-refractivity contribution >= 4 is 32.5 Å². The highest BCUT2D eigenvalue weighted by atomic mass is 31.1. The summed E-state index contributed by atoms with van der Waals surface area (Å²) in [6.07, 6.45) is 16.6. The molecule has 2 atom stereocenters. The monoisotopic (exact) mass is 564 g/mol. The average molecular weight is 565 g/mol. The Labute approximate surface area is 240 Å². The molecule has 1 saturated heterocycles. The summed E-state index contributed by atoms with van der Waals surface area (Å²) >= 11 is 0. The van der Waals surface area contributed by atoms with E-state index in [1.54, 1.807) is 0 Å². The summed E-state index contributed by atoms with van der Waals surface area (Å²) < 4.78 is 0. The molecule has 39 heavy (non-hydrogen) atoms. The van der Waals surface area contributed by atoms with Crippen LogP contribution < -0.4 is 15.9 Å². The van der Waals surface area contributed by atoms with Gasteiger partial charge in [-0.15, -0.1) is 0 Å². The molecule has 0 spiro atoms. The molecule has 3 fully saturated rings. The molecular formula is C34H50N2OP2. The molecule has 2 aromatic carbocycles. The number of hydrogen-bond donors (Lipinski definition) is 1. The van der Waals surface area contributed by atoms with Crippen LogP contribution in [0.4, 0.5) is 4.79 Å². The van der Waals surface area contributed by atoms with Gasteiger partial charge in [0, 0.05) is 18.1 Å². The number of urea groups is 1. The average Bonchev–Trinajstić information content (AvgIpc) is 3.36. The second-order valence-electron chi connectivity index (χ2n) is 13.2. The Morgan fingerprint density at radius 1 is 0.769 bits per heavy atom. The molecule has 2 aromatic rings. The summed E-state index contributed by atoms with van der Waals surface area (Å²) in [7, 11) is -0.585. The van der Waals surface area contributed by atoms with Crippen LogP contribution in [0.5, 0.6) is 0 Å². The van der Waals surface area contributed by atoms with Gasteiger partial charge < -0.3 is 10.2 Å². The fraction of sp³-hybridized carbons (Fsp3) is 0.618. The number of nitrogens with one attached hydrogen (secondary N) is 1. The summed E-state index contributed by atoms with van der Waals surface area (Å²) in [6, 6.07) is 22.7. The van der Waals surface area contributed by atoms with Gasteiger partial charge in [0.1, 0.15) is 0 Å². The second kappa shape index (κ2) is 13.5. The summed E-state index contributed by atoms with van der Waals surface area (Å²) in [5.74, 6) is 0. The van der Waals surface area contributed by atoms with E-state index < -0.39 is 7.92 Å². The van der Waals surface area contributed by atoms with Crippen molar-refractivity contribution in [2.24, 2.45) is 0 Å². The number of nitrogens with zero attached hydrogens (tertiary/aromatic N) is 1. The van der Waals surface area contributed by atoms with Crippen molar-refractivity contribution < 1.29 is 4.79 Å². The maximum absolute atomic E-state index is 13.9. The number of carbonyl (C=O) groups excluding carboxylic acids is 1. The van der Waals surface area contributed by atoms with E-state index in [0.29, 0.717) is 11.7 Å². The lowest BCUT2D eigenvalue weighted by molar-refractivity contribution is 0.187. The van der Waals surface area contributed by atoms with Crippen molar-refractivity contribution in [1.82, 2.24) is 10.2 Å². The predicted octanol–water partition coefficient (Wildman–Crippen LogP) is 8.22. The molecule has 0 aromatic heterocycles. The quantitative estimate of drug-likeness (QED) is 0.338. The number of amides is 2. The van der Waals surface area contributed by atoms with Crippen molar-refractivity contribution in [2.45, 2.75) is 120 Å². The Kier molecular flexibility index (Phi) is 10.1. The highest BCUT2D eigenvalue weighted by Crippen LogP contribution is 2.61. The van der Waals surface area contributed by atoms with E-state index in [1.165, 1.54) is 81.2 Å². The second-order valence-corrected chi connectivity index (χ2v) is 18.5. The maximum atomic E-state index is 13.9. The van der Waals surface area contributed by atoms with Gasteiger partial charge in [-0.05, 0) is 94.5 Å². The Morgan fingerprint density at radius 2 is 1.26 bits per heavy atom. The maximum Gasteiger partial charge on any atom is 0.318 e. The van der Waals surface area contributed by atoms with Crippen molar-refractivity contribution in [1.29, 1.82) is 0 Å². The van der Waals surface area contributed by atoms with Crippen LogP contribution >= 0.6 is 15.8 Å². The van der Waals surface area contributed by atoms with Crippen LogP contribution in [-0.4, -0.2) is 52.2 Å². The molecule has 3 aliphatic rings. The minimum absolute atomic E-state index is 0.0572. The molecule has 5 rings (SSSR count). The third-order valence-corrected chi connectivity index (χ3v) is 15.6. The van der Waals surface area contributed by atoms with E-state index in [0.717, 1.165) is 24.0 Å². The number of carbonyl (C=O) groups is 1. The standard InChI is InChI=1S/C34H50N2OP2/c1-34(2,3)35-33(37)36-25-32(39(30-20-12-6-13-21-30)31-22-14-7-15-23-31)24-27(36)26-38(28-16-8-4-9-17-28)29-18-10-5-11-19-29/h4-5,8-11,16-19,27,30-32H,6-7,12-15,20-26H2,1-3H3,(H,35,37)/t27-,32-/m0/s1. The molecule has 1 heterocycles.